The minimum Gasteiger partial charge on any atom is -0.292 e. The van der Waals surface area contributed by atoms with E-state index in [1.807, 2.05) is 13.8 Å². The second kappa shape index (κ2) is 4.82. The van der Waals surface area contributed by atoms with Gasteiger partial charge in [0, 0.05) is 11.8 Å². The Morgan fingerprint density at radius 1 is 1.25 bits per heavy atom. The maximum Gasteiger partial charge on any atom is 0.0442 e. The molecule has 0 bridgehead atoms. The van der Waals surface area contributed by atoms with E-state index in [0.29, 0.717) is 6.04 Å². The molecule has 0 aliphatic carbocycles. The fourth-order valence-electron chi connectivity index (χ4n) is 0.516. The molecule has 0 atom stereocenters. The summed E-state index contributed by atoms with van der Waals surface area (Å²) in [5.41, 5.74) is 1.16. The highest BCUT2D eigenvalue weighted by molar-refractivity contribution is 5.79. The van der Waals surface area contributed by atoms with Gasteiger partial charge in [0.1, 0.15) is 0 Å². The van der Waals surface area contributed by atoms with Crippen LogP contribution in [0, 0.1) is 0 Å². The van der Waals surface area contributed by atoms with Crippen LogP contribution in [0.4, 0.5) is 0 Å². The van der Waals surface area contributed by atoms with Gasteiger partial charge in [0.25, 0.3) is 0 Å². The van der Waals surface area contributed by atoms with Crippen LogP contribution in [0.3, 0.4) is 0 Å². The molecule has 0 heterocycles. The van der Waals surface area contributed by atoms with E-state index in [2.05, 4.69) is 18.8 Å². The van der Waals surface area contributed by atoms with Gasteiger partial charge in [0.15, 0.2) is 0 Å². The third kappa shape index (κ3) is 9.18. The smallest absolute Gasteiger partial charge is 0.0442 e. The molecule has 0 rings (SSSR count). The van der Waals surface area contributed by atoms with Crippen LogP contribution >= 0.6 is 0 Å². The summed E-state index contributed by atoms with van der Waals surface area (Å²) in [4.78, 5) is 4.19. The monoisotopic (exact) mass is 115 g/mol. The Labute approximate surface area is 52.8 Å². The first-order valence-corrected chi connectivity index (χ1v) is 2.64. The van der Waals surface area contributed by atoms with E-state index in [-0.39, 0.29) is 7.43 Å². The maximum atomic E-state index is 4.19. The highest BCUT2D eigenvalue weighted by Gasteiger charge is 1.82. The van der Waals surface area contributed by atoms with E-state index in [1.54, 1.807) is 0 Å². The molecule has 0 aliphatic heterocycles. The molecule has 0 aliphatic rings. The Balaban J connectivity index is 0. The number of nitrogens with zero attached hydrogens (tertiary/aromatic N) is 1. The molecule has 0 amide bonds. The largest absolute Gasteiger partial charge is 0.292 e. The average Bonchev–Trinajstić information content (AvgIpc) is 1.27. The first-order valence-electron chi connectivity index (χ1n) is 2.64. The van der Waals surface area contributed by atoms with Crippen LogP contribution in [0.25, 0.3) is 0 Å². The van der Waals surface area contributed by atoms with Crippen molar-refractivity contribution in [3.8, 4) is 0 Å². The van der Waals surface area contributed by atoms with Crippen molar-refractivity contribution in [3.05, 3.63) is 0 Å². The third-order valence-electron chi connectivity index (χ3n) is 0.516. The molecule has 0 aromatic heterocycles. The predicted octanol–water partition coefficient (Wildman–Crippen LogP) is 2.51. The van der Waals surface area contributed by atoms with Crippen molar-refractivity contribution in [2.24, 2.45) is 4.99 Å². The molecule has 0 radical (unpaired) electrons. The SMILES string of the molecule is C.CC(C)=NC(C)C. The zero-order valence-electron chi connectivity index (χ0n) is 5.52. The van der Waals surface area contributed by atoms with Gasteiger partial charge in [0.05, 0.1) is 0 Å². The highest BCUT2D eigenvalue weighted by Crippen LogP contribution is 1.85. The first kappa shape index (κ1) is 10.6. The van der Waals surface area contributed by atoms with E-state index >= 15 is 0 Å². The maximum absolute atomic E-state index is 4.19. The van der Waals surface area contributed by atoms with Crippen molar-refractivity contribution in [2.75, 3.05) is 0 Å². The Hall–Kier alpha value is -0.330. The van der Waals surface area contributed by atoms with Crippen LogP contribution < -0.4 is 0 Å². The zero-order valence-corrected chi connectivity index (χ0v) is 5.52. The summed E-state index contributed by atoms with van der Waals surface area (Å²) in [6.07, 6.45) is 0. The lowest BCUT2D eigenvalue weighted by molar-refractivity contribution is 0.834. The minimum absolute atomic E-state index is 0. The van der Waals surface area contributed by atoms with Crippen molar-refractivity contribution in [1.29, 1.82) is 0 Å². The van der Waals surface area contributed by atoms with Gasteiger partial charge >= 0.3 is 0 Å². The first-order chi connectivity index (χ1) is 3.13. The summed E-state index contributed by atoms with van der Waals surface area (Å²) in [5, 5.41) is 0. The highest BCUT2D eigenvalue weighted by atomic mass is 14.8. The summed E-state index contributed by atoms with van der Waals surface area (Å²) >= 11 is 0. The van der Waals surface area contributed by atoms with Crippen LogP contribution in [-0.4, -0.2) is 11.8 Å². The topological polar surface area (TPSA) is 12.4 Å². The second-order valence-corrected chi connectivity index (χ2v) is 2.17. The predicted molar refractivity (Wildman–Crippen MR) is 40.7 cm³/mol. The quantitative estimate of drug-likeness (QED) is 0.466. The van der Waals surface area contributed by atoms with Crippen molar-refractivity contribution < 1.29 is 0 Å². The van der Waals surface area contributed by atoms with Crippen LogP contribution in [0.15, 0.2) is 4.99 Å². The summed E-state index contributed by atoms with van der Waals surface area (Å²) in [6, 6.07) is 0.463. The molecule has 1 nitrogen and oxygen atoms in total. The fraction of sp³-hybridized carbons (Fsp3) is 0.857. The van der Waals surface area contributed by atoms with Gasteiger partial charge in [0.2, 0.25) is 0 Å². The van der Waals surface area contributed by atoms with Crippen LogP contribution in [0.1, 0.15) is 35.1 Å². The summed E-state index contributed by atoms with van der Waals surface area (Å²) in [5.74, 6) is 0. The molecule has 0 fully saturated rings. The number of hydrogen-bond donors (Lipinski definition) is 0. The standard InChI is InChI=1S/C6H13N.CH4/c1-5(2)7-6(3)4;/h5H,1-4H3;1H4. The van der Waals surface area contributed by atoms with Crippen molar-refractivity contribution in [1.82, 2.24) is 0 Å². The van der Waals surface area contributed by atoms with Crippen molar-refractivity contribution >= 4 is 5.71 Å². The normalized spacial score (nSPS) is 8.12. The van der Waals surface area contributed by atoms with Gasteiger partial charge in [-0.2, -0.15) is 0 Å². The number of hydrogen-bond acceptors (Lipinski definition) is 1. The molecule has 0 aromatic carbocycles. The molecular weight excluding hydrogens is 98.1 g/mol. The van der Waals surface area contributed by atoms with Gasteiger partial charge in [-0.1, -0.05) is 7.43 Å². The van der Waals surface area contributed by atoms with Gasteiger partial charge in [-0.3, -0.25) is 4.99 Å². The van der Waals surface area contributed by atoms with Crippen LogP contribution in [0.5, 0.6) is 0 Å². The molecule has 0 saturated heterocycles. The van der Waals surface area contributed by atoms with Gasteiger partial charge in [-0.25, -0.2) is 0 Å². The Kier molecular flexibility index (Phi) is 6.39. The lowest BCUT2D eigenvalue weighted by Gasteiger charge is -1.93. The van der Waals surface area contributed by atoms with E-state index in [0.717, 1.165) is 5.71 Å². The number of rotatable bonds is 1. The molecule has 8 heavy (non-hydrogen) atoms. The molecule has 0 spiro atoms. The minimum atomic E-state index is 0. The molecule has 0 unspecified atom stereocenters. The van der Waals surface area contributed by atoms with Gasteiger partial charge < -0.3 is 0 Å². The van der Waals surface area contributed by atoms with Crippen LogP contribution in [0.2, 0.25) is 0 Å². The Morgan fingerprint density at radius 2 is 1.62 bits per heavy atom. The zero-order chi connectivity index (χ0) is 5.86. The van der Waals surface area contributed by atoms with E-state index in [4.69, 9.17) is 0 Å². The van der Waals surface area contributed by atoms with E-state index < -0.39 is 0 Å². The fourth-order valence-corrected chi connectivity index (χ4v) is 0.516. The van der Waals surface area contributed by atoms with Crippen molar-refractivity contribution in [2.45, 2.75) is 41.2 Å². The third-order valence-corrected chi connectivity index (χ3v) is 0.516. The lowest BCUT2D eigenvalue weighted by atomic mass is 10.4. The second-order valence-electron chi connectivity index (χ2n) is 2.17. The summed E-state index contributed by atoms with van der Waals surface area (Å²) in [7, 11) is 0. The molecule has 0 saturated carbocycles. The Bertz CT molecular complexity index is 68.5. The van der Waals surface area contributed by atoms with Crippen LogP contribution in [-0.2, 0) is 0 Å². The molecule has 50 valence electrons. The average molecular weight is 115 g/mol. The lowest BCUT2D eigenvalue weighted by Crippen LogP contribution is -1.92. The molecule has 0 N–H and O–H groups in total. The number of aliphatic imine (C=N–C) groups is 1. The molecule has 0 aromatic rings. The summed E-state index contributed by atoms with van der Waals surface area (Å²) in [6.45, 7) is 8.18. The van der Waals surface area contributed by atoms with Gasteiger partial charge in [-0.05, 0) is 27.7 Å². The molecule has 1 heteroatoms. The van der Waals surface area contributed by atoms with Crippen molar-refractivity contribution in [3.63, 3.8) is 0 Å². The Morgan fingerprint density at radius 3 is 1.62 bits per heavy atom. The van der Waals surface area contributed by atoms with E-state index in [9.17, 15) is 0 Å². The summed E-state index contributed by atoms with van der Waals surface area (Å²) < 4.78 is 0. The molecular formula is C7H17N. The van der Waals surface area contributed by atoms with E-state index in [1.165, 1.54) is 0 Å². The van der Waals surface area contributed by atoms with Gasteiger partial charge in [-0.15, -0.1) is 0 Å².